The topological polar surface area (TPSA) is 77.2 Å². The fraction of sp³-hybridized carbons (Fsp3) is 0.100. The number of aryl methyl sites for hydroxylation is 1. The van der Waals surface area contributed by atoms with Gasteiger partial charge < -0.3 is 4.98 Å². The van der Waals surface area contributed by atoms with E-state index < -0.39 is 0 Å². The lowest BCUT2D eigenvalue weighted by molar-refractivity contribution is 0.614. The minimum Gasteiger partial charge on any atom is -0.345 e. The molecule has 0 aliphatic rings. The van der Waals surface area contributed by atoms with Gasteiger partial charge in [0.2, 0.25) is 0 Å². The zero-order valence-electron chi connectivity index (χ0n) is 15.0. The summed E-state index contributed by atoms with van der Waals surface area (Å²) in [6, 6.07) is 8.54. The summed E-state index contributed by atoms with van der Waals surface area (Å²) in [7, 11) is 1.88. The third-order valence-electron chi connectivity index (χ3n) is 4.62. The van der Waals surface area contributed by atoms with Crippen LogP contribution in [0.5, 0.6) is 0 Å². The molecule has 7 nitrogen and oxygen atoms in total. The van der Waals surface area contributed by atoms with Gasteiger partial charge in [0, 0.05) is 47.7 Å². The normalized spacial score (nSPS) is 11.4. The lowest BCUT2D eigenvalue weighted by Gasteiger charge is -2.00. The predicted molar refractivity (Wildman–Crippen MR) is 103 cm³/mol. The van der Waals surface area contributed by atoms with Crippen molar-refractivity contribution in [2.24, 2.45) is 7.05 Å². The van der Waals surface area contributed by atoms with Gasteiger partial charge in [0.1, 0.15) is 17.2 Å². The van der Waals surface area contributed by atoms with E-state index in [4.69, 9.17) is 0 Å². The Hall–Kier alpha value is -3.81. The maximum absolute atomic E-state index is 13.4. The van der Waals surface area contributed by atoms with E-state index >= 15 is 0 Å². The van der Waals surface area contributed by atoms with Crippen LogP contribution in [0.25, 0.3) is 33.4 Å². The summed E-state index contributed by atoms with van der Waals surface area (Å²) >= 11 is 0. The minimum absolute atomic E-state index is 0.261. The van der Waals surface area contributed by atoms with E-state index in [1.54, 1.807) is 15.4 Å². The summed E-state index contributed by atoms with van der Waals surface area (Å²) in [4.78, 5) is 7.69. The average Bonchev–Trinajstić information content (AvgIpc) is 3.40. The molecule has 0 bridgehead atoms. The summed E-state index contributed by atoms with van der Waals surface area (Å²) < 4.78 is 16.8. The molecule has 28 heavy (non-hydrogen) atoms. The molecule has 5 rings (SSSR count). The van der Waals surface area contributed by atoms with E-state index in [1.807, 2.05) is 44.1 Å². The van der Waals surface area contributed by atoms with E-state index in [9.17, 15) is 4.39 Å². The van der Waals surface area contributed by atoms with Crippen molar-refractivity contribution in [2.45, 2.75) is 6.54 Å². The van der Waals surface area contributed by atoms with E-state index in [2.05, 4.69) is 31.4 Å². The summed E-state index contributed by atoms with van der Waals surface area (Å²) in [5, 5.41) is 13.7. The predicted octanol–water partition coefficient (Wildman–Crippen LogP) is 3.41. The third kappa shape index (κ3) is 2.94. The van der Waals surface area contributed by atoms with Crippen molar-refractivity contribution < 1.29 is 4.39 Å². The third-order valence-corrected chi connectivity index (χ3v) is 4.62. The number of aromatic amines is 1. The second-order valence-corrected chi connectivity index (χ2v) is 6.66. The first kappa shape index (κ1) is 16.4. The SMILES string of the molecule is Cn1cc(-c2cnc3[nH]cc(-c4cn(Cc5cccc(F)c5)nn4)c3c2)cn1. The molecule has 1 N–H and O–H groups in total. The highest BCUT2D eigenvalue weighted by atomic mass is 19.1. The quantitative estimate of drug-likeness (QED) is 0.524. The van der Waals surface area contributed by atoms with Crippen LogP contribution >= 0.6 is 0 Å². The Morgan fingerprint density at radius 3 is 2.86 bits per heavy atom. The summed E-state index contributed by atoms with van der Waals surface area (Å²) in [6.45, 7) is 0.451. The molecule has 0 saturated carbocycles. The fourth-order valence-electron chi connectivity index (χ4n) is 3.26. The molecule has 4 aromatic heterocycles. The highest BCUT2D eigenvalue weighted by molar-refractivity contribution is 5.94. The Morgan fingerprint density at radius 2 is 2.04 bits per heavy atom. The number of H-pyrrole nitrogens is 1. The Bertz CT molecular complexity index is 1280. The van der Waals surface area contributed by atoms with Crippen molar-refractivity contribution in [2.75, 3.05) is 0 Å². The van der Waals surface area contributed by atoms with Crippen LogP contribution in [0, 0.1) is 5.82 Å². The van der Waals surface area contributed by atoms with Gasteiger partial charge >= 0.3 is 0 Å². The van der Waals surface area contributed by atoms with Crippen LogP contribution in [0.15, 0.2) is 61.3 Å². The van der Waals surface area contributed by atoms with Crippen molar-refractivity contribution >= 4 is 11.0 Å². The molecule has 8 heteroatoms. The molecule has 0 atom stereocenters. The Labute approximate surface area is 159 Å². The minimum atomic E-state index is -0.261. The number of hydrogen-bond acceptors (Lipinski definition) is 4. The Morgan fingerprint density at radius 1 is 1.11 bits per heavy atom. The number of halogens is 1. The summed E-state index contributed by atoms with van der Waals surface area (Å²) in [5.74, 6) is -0.261. The zero-order valence-corrected chi connectivity index (χ0v) is 15.0. The second-order valence-electron chi connectivity index (χ2n) is 6.66. The fourth-order valence-corrected chi connectivity index (χ4v) is 3.26. The molecule has 0 radical (unpaired) electrons. The van der Waals surface area contributed by atoms with Crippen LogP contribution in [0.1, 0.15) is 5.56 Å². The van der Waals surface area contributed by atoms with Crippen LogP contribution in [-0.4, -0.2) is 34.7 Å². The van der Waals surface area contributed by atoms with Crippen LogP contribution in [0.2, 0.25) is 0 Å². The van der Waals surface area contributed by atoms with Crippen molar-refractivity contribution in [3.63, 3.8) is 0 Å². The monoisotopic (exact) mass is 373 g/mol. The number of hydrogen-bond donors (Lipinski definition) is 1. The molecular weight excluding hydrogens is 357 g/mol. The van der Waals surface area contributed by atoms with Gasteiger partial charge in [0.15, 0.2) is 0 Å². The number of nitrogens with one attached hydrogen (secondary N) is 1. The van der Waals surface area contributed by atoms with Gasteiger partial charge in [-0.1, -0.05) is 17.3 Å². The molecule has 138 valence electrons. The van der Waals surface area contributed by atoms with E-state index in [1.165, 1.54) is 12.1 Å². The summed E-state index contributed by atoms with van der Waals surface area (Å²) in [6.07, 6.45) is 9.31. The maximum Gasteiger partial charge on any atom is 0.137 e. The van der Waals surface area contributed by atoms with Gasteiger partial charge in [-0.15, -0.1) is 5.10 Å². The molecule has 4 heterocycles. The van der Waals surface area contributed by atoms with Crippen molar-refractivity contribution in [3.8, 4) is 22.4 Å². The Kier molecular flexibility index (Phi) is 3.75. The molecule has 0 fully saturated rings. The van der Waals surface area contributed by atoms with E-state index in [0.717, 1.165) is 39.0 Å². The highest BCUT2D eigenvalue weighted by Gasteiger charge is 2.13. The summed E-state index contributed by atoms with van der Waals surface area (Å²) in [5.41, 5.74) is 5.23. The van der Waals surface area contributed by atoms with E-state index in [-0.39, 0.29) is 5.82 Å². The van der Waals surface area contributed by atoms with Gasteiger partial charge in [0.05, 0.1) is 18.9 Å². The number of fused-ring (bicyclic) bond motifs is 1. The van der Waals surface area contributed by atoms with Gasteiger partial charge in [-0.25, -0.2) is 14.1 Å². The van der Waals surface area contributed by atoms with Gasteiger partial charge in [0.25, 0.3) is 0 Å². The first-order valence-electron chi connectivity index (χ1n) is 8.77. The van der Waals surface area contributed by atoms with Crippen LogP contribution in [0.4, 0.5) is 4.39 Å². The molecule has 0 unspecified atom stereocenters. The Balaban J connectivity index is 1.50. The zero-order chi connectivity index (χ0) is 19.1. The largest absolute Gasteiger partial charge is 0.345 e. The van der Waals surface area contributed by atoms with E-state index in [0.29, 0.717) is 6.54 Å². The number of benzene rings is 1. The first-order chi connectivity index (χ1) is 13.7. The smallest absolute Gasteiger partial charge is 0.137 e. The van der Waals surface area contributed by atoms with Gasteiger partial charge in [-0.3, -0.25) is 4.68 Å². The van der Waals surface area contributed by atoms with Crippen molar-refractivity contribution in [3.05, 3.63) is 72.7 Å². The number of rotatable bonds is 4. The average molecular weight is 373 g/mol. The van der Waals surface area contributed by atoms with Crippen LogP contribution in [-0.2, 0) is 13.6 Å². The highest BCUT2D eigenvalue weighted by Crippen LogP contribution is 2.29. The molecule has 5 aromatic rings. The number of pyridine rings is 1. The standard InChI is InChI=1S/C20H16FN7/c1-27-11-15(8-24-27)14-6-17-18(9-23-20(17)22-7-14)19-12-28(26-25-19)10-13-3-2-4-16(21)5-13/h2-9,11-12H,10H2,1H3,(H,22,23). The van der Waals surface area contributed by atoms with Crippen molar-refractivity contribution in [1.29, 1.82) is 0 Å². The lowest BCUT2D eigenvalue weighted by atomic mass is 10.1. The molecule has 0 aliphatic carbocycles. The van der Waals surface area contributed by atoms with Crippen LogP contribution < -0.4 is 0 Å². The molecule has 0 amide bonds. The maximum atomic E-state index is 13.4. The van der Waals surface area contributed by atoms with Crippen LogP contribution in [0.3, 0.4) is 0 Å². The van der Waals surface area contributed by atoms with Gasteiger partial charge in [-0.2, -0.15) is 5.10 Å². The number of aromatic nitrogens is 7. The van der Waals surface area contributed by atoms with Crippen molar-refractivity contribution in [1.82, 2.24) is 34.7 Å². The molecule has 0 spiro atoms. The van der Waals surface area contributed by atoms with Gasteiger partial charge in [-0.05, 0) is 23.8 Å². The first-order valence-corrected chi connectivity index (χ1v) is 8.77. The second kappa shape index (κ2) is 6.41. The number of nitrogens with zero attached hydrogens (tertiary/aromatic N) is 6. The molecule has 1 aromatic carbocycles. The molecule has 0 saturated heterocycles. The molecular formula is C20H16FN7. The molecule has 0 aliphatic heterocycles. The lowest BCUT2D eigenvalue weighted by Crippen LogP contribution is -2.00.